The molecule has 0 atom stereocenters. The van der Waals surface area contributed by atoms with Crippen LogP contribution in [0.5, 0.6) is 0 Å². The van der Waals surface area contributed by atoms with Gasteiger partial charge in [0, 0.05) is 27.6 Å². The zero-order chi connectivity index (χ0) is 25.5. The van der Waals surface area contributed by atoms with Crippen LogP contribution in [0.25, 0.3) is 61.4 Å². The molecule has 0 saturated carbocycles. The quantitative estimate of drug-likeness (QED) is 0.239. The molecule has 2 heterocycles. The van der Waals surface area contributed by atoms with Crippen molar-refractivity contribution in [1.29, 1.82) is 0 Å². The van der Waals surface area contributed by atoms with E-state index >= 15 is 0 Å². The highest BCUT2D eigenvalue weighted by Crippen LogP contribution is 2.36. The Labute approximate surface area is 224 Å². The second kappa shape index (κ2) is 9.25. The summed E-state index contributed by atoms with van der Waals surface area (Å²) in [5.74, 6) is 1.10. The van der Waals surface area contributed by atoms with Crippen LogP contribution in [0.2, 0.25) is 5.28 Å². The third-order valence-electron chi connectivity index (χ3n) is 6.79. The summed E-state index contributed by atoms with van der Waals surface area (Å²) in [7, 11) is 0. The number of fused-ring (bicyclic) bond motifs is 3. The molecule has 38 heavy (non-hydrogen) atoms. The molecule has 0 amide bonds. The van der Waals surface area contributed by atoms with Crippen LogP contribution in [0, 0.1) is 0 Å². The Bertz CT molecular complexity index is 1910. The van der Waals surface area contributed by atoms with Crippen LogP contribution in [0.3, 0.4) is 0 Å². The number of nitrogens with zero attached hydrogens (tertiary/aromatic N) is 4. The third kappa shape index (κ3) is 3.92. The lowest BCUT2D eigenvalue weighted by Gasteiger charge is -2.09. The lowest BCUT2D eigenvalue weighted by Crippen LogP contribution is -1.97. The van der Waals surface area contributed by atoms with Crippen LogP contribution in [0.4, 0.5) is 0 Å². The Balaban J connectivity index is 1.46. The maximum Gasteiger partial charge on any atom is 0.226 e. The van der Waals surface area contributed by atoms with E-state index in [2.05, 4.69) is 99.5 Å². The van der Waals surface area contributed by atoms with E-state index in [1.54, 1.807) is 0 Å². The summed E-state index contributed by atoms with van der Waals surface area (Å²) >= 11 is 6.36. The number of hydrogen-bond acceptors (Lipinski definition) is 3. The predicted octanol–water partition coefficient (Wildman–Crippen LogP) is 8.62. The van der Waals surface area contributed by atoms with Gasteiger partial charge in [0.25, 0.3) is 0 Å². The fourth-order valence-corrected chi connectivity index (χ4v) is 5.18. The minimum Gasteiger partial charge on any atom is -0.309 e. The van der Waals surface area contributed by atoms with Gasteiger partial charge < -0.3 is 4.57 Å². The summed E-state index contributed by atoms with van der Waals surface area (Å²) in [4.78, 5) is 13.6. The largest absolute Gasteiger partial charge is 0.309 e. The highest BCUT2D eigenvalue weighted by Gasteiger charge is 2.16. The molecule has 0 saturated heterocycles. The second-order valence-electron chi connectivity index (χ2n) is 9.12. The SMILES string of the molecule is Clc1nc(-c2ccccc2)nc(-c2ccc3c(c2)c2ccc(-c4ccccc4)cc2n3-c2ccccc2)n1. The van der Waals surface area contributed by atoms with Gasteiger partial charge >= 0.3 is 0 Å². The topological polar surface area (TPSA) is 43.6 Å². The number of hydrogen-bond donors (Lipinski definition) is 0. The summed E-state index contributed by atoms with van der Waals surface area (Å²) in [6, 6.07) is 43.8. The number of para-hydroxylation sites is 1. The summed E-state index contributed by atoms with van der Waals surface area (Å²) in [6.45, 7) is 0. The van der Waals surface area contributed by atoms with E-state index in [0.29, 0.717) is 11.6 Å². The first-order chi connectivity index (χ1) is 18.7. The van der Waals surface area contributed by atoms with Gasteiger partial charge in [-0.25, -0.2) is 4.98 Å². The highest BCUT2D eigenvalue weighted by atomic mass is 35.5. The summed E-state index contributed by atoms with van der Waals surface area (Å²) in [5, 5.41) is 2.46. The first-order valence-corrected chi connectivity index (χ1v) is 12.8. The summed E-state index contributed by atoms with van der Waals surface area (Å²) in [6.07, 6.45) is 0. The molecule has 0 radical (unpaired) electrons. The molecule has 2 aromatic heterocycles. The number of benzene rings is 5. The molecule has 0 spiro atoms. The molecule has 0 N–H and O–H groups in total. The van der Waals surface area contributed by atoms with Gasteiger partial charge in [-0.15, -0.1) is 0 Å². The molecule has 0 fully saturated rings. The van der Waals surface area contributed by atoms with Crippen molar-refractivity contribution in [1.82, 2.24) is 19.5 Å². The van der Waals surface area contributed by atoms with E-state index < -0.39 is 0 Å². The Kier molecular flexibility index (Phi) is 5.46. The van der Waals surface area contributed by atoms with Crippen molar-refractivity contribution in [3.8, 4) is 39.6 Å². The smallest absolute Gasteiger partial charge is 0.226 e. The fourth-order valence-electron chi connectivity index (χ4n) is 5.02. The van der Waals surface area contributed by atoms with Gasteiger partial charge in [0.05, 0.1) is 11.0 Å². The zero-order valence-electron chi connectivity index (χ0n) is 20.3. The third-order valence-corrected chi connectivity index (χ3v) is 6.96. The molecule has 0 aliphatic heterocycles. The molecule has 0 aliphatic carbocycles. The minimum atomic E-state index is 0.174. The Morgan fingerprint density at radius 2 is 1.05 bits per heavy atom. The number of halogens is 1. The molecule has 7 rings (SSSR count). The Morgan fingerprint density at radius 3 is 1.76 bits per heavy atom. The van der Waals surface area contributed by atoms with Crippen LogP contribution < -0.4 is 0 Å². The van der Waals surface area contributed by atoms with Gasteiger partial charge in [0.15, 0.2) is 11.6 Å². The van der Waals surface area contributed by atoms with E-state index in [1.165, 1.54) is 11.1 Å². The average molecular weight is 509 g/mol. The van der Waals surface area contributed by atoms with Gasteiger partial charge in [-0.05, 0) is 59.1 Å². The maximum atomic E-state index is 6.36. The number of aromatic nitrogens is 4. The minimum absolute atomic E-state index is 0.174. The van der Waals surface area contributed by atoms with Gasteiger partial charge in [-0.1, -0.05) is 91.0 Å². The van der Waals surface area contributed by atoms with Gasteiger partial charge in [0.2, 0.25) is 5.28 Å². The molecular formula is C33H21ClN4. The summed E-state index contributed by atoms with van der Waals surface area (Å²) in [5.41, 5.74) is 7.52. The molecule has 0 unspecified atom stereocenters. The molecule has 5 heteroatoms. The van der Waals surface area contributed by atoms with Gasteiger partial charge in [-0.2, -0.15) is 9.97 Å². The standard InChI is InChI=1S/C33H21ClN4/c34-33-36-31(23-12-6-2-7-13-23)35-32(37-33)25-17-19-29-28(20-25)27-18-16-24(22-10-4-1-5-11-22)21-30(27)38(29)26-14-8-3-9-15-26/h1-21H. The normalized spacial score (nSPS) is 11.3. The lowest BCUT2D eigenvalue weighted by molar-refractivity contribution is 1.07. The van der Waals surface area contributed by atoms with Crippen LogP contribution >= 0.6 is 11.6 Å². The molecule has 0 aliphatic rings. The zero-order valence-corrected chi connectivity index (χ0v) is 21.0. The van der Waals surface area contributed by atoms with Crippen molar-refractivity contribution < 1.29 is 0 Å². The molecule has 5 aromatic carbocycles. The Hall–Kier alpha value is -4.80. The van der Waals surface area contributed by atoms with E-state index in [-0.39, 0.29) is 5.28 Å². The van der Waals surface area contributed by atoms with Crippen molar-refractivity contribution in [2.75, 3.05) is 0 Å². The average Bonchev–Trinajstić information content (AvgIpc) is 3.31. The van der Waals surface area contributed by atoms with Crippen LogP contribution in [-0.2, 0) is 0 Å². The van der Waals surface area contributed by atoms with E-state index in [1.807, 2.05) is 42.5 Å². The van der Waals surface area contributed by atoms with Crippen molar-refractivity contribution in [3.05, 3.63) is 133 Å². The molecule has 180 valence electrons. The van der Waals surface area contributed by atoms with E-state index in [0.717, 1.165) is 38.6 Å². The van der Waals surface area contributed by atoms with E-state index in [9.17, 15) is 0 Å². The molecule has 4 nitrogen and oxygen atoms in total. The van der Waals surface area contributed by atoms with Crippen LogP contribution in [-0.4, -0.2) is 19.5 Å². The highest BCUT2D eigenvalue weighted by molar-refractivity contribution is 6.28. The van der Waals surface area contributed by atoms with Crippen molar-refractivity contribution in [3.63, 3.8) is 0 Å². The first kappa shape index (κ1) is 22.4. The van der Waals surface area contributed by atoms with Crippen LogP contribution in [0.15, 0.2) is 127 Å². The summed E-state index contributed by atoms with van der Waals surface area (Å²) < 4.78 is 2.32. The van der Waals surface area contributed by atoms with E-state index in [4.69, 9.17) is 16.6 Å². The Morgan fingerprint density at radius 1 is 0.447 bits per heavy atom. The maximum absolute atomic E-state index is 6.36. The second-order valence-corrected chi connectivity index (χ2v) is 9.46. The van der Waals surface area contributed by atoms with Crippen LogP contribution in [0.1, 0.15) is 0 Å². The molecule has 0 bridgehead atoms. The fraction of sp³-hybridized carbons (Fsp3) is 0. The lowest BCUT2D eigenvalue weighted by atomic mass is 10.0. The first-order valence-electron chi connectivity index (χ1n) is 12.4. The molecule has 7 aromatic rings. The van der Waals surface area contributed by atoms with Gasteiger partial charge in [-0.3, -0.25) is 0 Å². The molecular weight excluding hydrogens is 488 g/mol. The predicted molar refractivity (Wildman–Crippen MR) is 155 cm³/mol. The van der Waals surface area contributed by atoms with Crippen molar-refractivity contribution in [2.45, 2.75) is 0 Å². The monoisotopic (exact) mass is 508 g/mol. The number of rotatable bonds is 4. The van der Waals surface area contributed by atoms with Crippen molar-refractivity contribution in [2.24, 2.45) is 0 Å². The van der Waals surface area contributed by atoms with Crippen molar-refractivity contribution >= 4 is 33.4 Å². The van der Waals surface area contributed by atoms with Gasteiger partial charge in [0.1, 0.15) is 0 Å².